The van der Waals surface area contributed by atoms with Crippen molar-refractivity contribution < 1.29 is 14.3 Å². The molecule has 0 bridgehead atoms. The van der Waals surface area contributed by atoms with Gasteiger partial charge in [-0.1, -0.05) is 26.8 Å². The summed E-state index contributed by atoms with van der Waals surface area (Å²) in [5.41, 5.74) is -1.53. The molecule has 1 heterocycles. The van der Waals surface area contributed by atoms with Gasteiger partial charge in [-0.3, -0.25) is 4.79 Å². The maximum absolute atomic E-state index is 11.9. The van der Waals surface area contributed by atoms with Crippen molar-refractivity contribution in [1.82, 2.24) is 0 Å². The molecule has 20 heavy (non-hydrogen) atoms. The molecule has 0 spiro atoms. The number of carbonyl (C=O) groups is 1. The van der Waals surface area contributed by atoms with E-state index in [0.29, 0.717) is 18.3 Å². The first kappa shape index (κ1) is 13.6. The highest BCUT2D eigenvalue weighted by molar-refractivity contribution is 5.70. The van der Waals surface area contributed by atoms with Crippen LogP contribution in [0, 0.1) is 28.6 Å². The fraction of sp³-hybridized carbons (Fsp3) is 0.750. The second-order valence-corrected chi connectivity index (χ2v) is 6.56. The Hall–Kier alpha value is -1.34. The number of esters is 1. The van der Waals surface area contributed by atoms with E-state index in [2.05, 4.69) is 26.0 Å². The summed E-state index contributed by atoms with van der Waals surface area (Å²) in [5.74, 6) is 0.407. The van der Waals surface area contributed by atoms with E-state index in [1.165, 1.54) is 0 Å². The van der Waals surface area contributed by atoms with Crippen LogP contribution in [0.4, 0.5) is 0 Å². The fourth-order valence-electron chi connectivity index (χ4n) is 4.05. The summed E-state index contributed by atoms with van der Waals surface area (Å²) < 4.78 is 11.6. The SMILES string of the molecule is CCC(=O)O[C@]12C=C[C@@H](C)C[C@]1(C#N)C[C@@H](C)[C@@H]1O[C@@H]12. The first-order valence-electron chi connectivity index (χ1n) is 7.46. The van der Waals surface area contributed by atoms with Crippen LogP contribution in [0.2, 0.25) is 0 Å². The van der Waals surface area contributed by atoms with Crippen molar-refractivity contribution in [3.63, 3.8) is 0 Å². The topological polar surface area (TPSA) is 62.6 Å². The van der Waals surface area contributed by atoms with Crippen molar-refractivity contribution in [3.8, 4) is 6.07 Å². The molecule has 4 heteroatoms. The lowest BCUT2D eigenvalue weighted by atomic mass is 9.55. The molecule has 0 aromatic heterocycles. The molecule has 6 atom stereocenters. The lowest BCUT2D eigenvalue weighted by Crippen LogP contribution is -2.59. The molecule has 0 aromatic carbocycles. The molecule has 3 rings (SSSR count). The quantitative estimate of drug-likeness (QED) is 0.441. The first-order chi connectivity index (χ1) is 9.48. The molecule has 108 valence electrons. The van der Waals surface area contributed by atoms with E-state index in [1.807, 2.05) is 6.08 Å². The van der Waals surface area contributed by atoms with Crippen LogP contribution in [-0.4, -0.2) is 23.8 Å². The second kappa shape index (κ2) is 4.33. The molecule has 1 saturated carbocycles. The van der Waals surface area contributed by atoms with Crippen LogP contribution < -0.4 is 0 Å². The van der Waals surface area contributed by atoms with Gasteiger partial charge in [0.15, 0.2) is 5.60 Å². The number of epoxide rings is 1. The van der Waals surface area contributed by atoms with Crippen molar-refractivity contribution in [2.45, 2.75) is 57.8 Å². The normalized spacial score (nSPS) is 48.7. The minimum Gasteiger partial charge on any atom is -0.450 e. The Balaban J connectivity index is 2.07. The van der Waals surface area contributed by atoms with E-state index in [-0.39, 0.29) is 18.2 Å². The van der Waals surface area contributed by atoms with Crippen molar-refractivity contribution in [3.05, 3.63) is 12.2 Å². The number of fused-ring (bicyclic) bond motifs is 3. The smallest absolute Gasteiger partial charge is 0.306 e. The van der Waals surface area contributed by atoms with Gasteiger partial charge >= 0.3 is 5.97 Å². The van der Waals surface area contributed by atoms with Gasteiger partial charge in [0.25, 0.3) is 0 Å². The monoisotopic (exact) mass is 275 g/mol. The van der Waals surface area contributed by atoms with E-state index < -0.39 is 11.0 Å². The molecule has 3 aliphatic rings. The molecule has 0 N–H and O–H groups in total. The van der Waals surface area contributed by atoms with E-state index in [4.69, 9.17) is 9.47 Å². The fourth-order valence-corrected chi connectivity index (χ4v) is 4.05. The minimum absolute atomic E-state index is 0.124. The zero-order valence-corrected chi connectivity index (χ0v) is 12.3. The molecular formula is C16H21NO3. The summed E-state index contributed by atoms with van der Waals surface area (Å²) in [4.78, 5) is 11.9. The van der Waals surface area contributed by atoms with Gasteiger partial charge in [0.2, 0.25) is 0 Å². The maximum atomic E-state index is 11.9. The summed E-state index contributed by atoms with van der Waals surface area (Å²) >= 11 is 0. The van der Waals surface area contributed by atoms with Crippen molar-refractivity contribution in [2.75, 3.05) is 0 Å². The number of allylic oxidation sites excluding steroid dienone is 1. The average Bonchev–Trinajstić information content (AvgIpc) is 3.22. The van der Waals surface area contributed by atoms with Gasteiger partial charge < -0.3 is 9.47 Å². The van der Waals surface area contributed by atoms with Gasteiger partial charge in [-0.2, -0.15) is 5.26 Å². The lowest BCUT2D eigenvalue weighted by Gasteiger charge is -2.49. The van der Waals surface area contributed by atoms with Crippen LogP contribution in [0.1, 0.15) is 40.0 Å². The Morgan fingerprint density at radius 2 is 2.25 bits per heavy atom. The molecule has 0 aromatic rings. The molecule has 4 nitrogen and oxygen atoms in total. The number of nitriles is 1. The average molecular weight is 275 g/mol. The van der Waals surface area contributed by atoms with Crippen LogP contribution >= 0.6 is 0 Å². The third-order valence-corrected chi connectivity index (χ3v) is 5.06. The zero-order valence-electron chi connectivity index (χ0n) is 12.3. The van der Waals surface area contributed by atoms with Gasteiger partial charge in [0.05, 0.1) is 12.2 Å². The van der Waals surface area contributed by atoms with E-state index >= 15 is 0 Å². The molecule has 2 aliphatic carbocycles. The number of carbonyl (C=O) groups excluding carboxylic acids is 1. The molecule has 0 radical (unpaired) electrons. The predicted octanol–water partition coefficient (Wildman–Crippen LogP) is 2.59. The van der Waals surface area contributed by atoms with Gasteiger partial charge in [0.1, 0.15) is 11.5 Å². The van der Waals surface area contributed by atoms with Crippen LogP contribution in [0.15, 0.2) is 12.2 Å². The summed E-state index contributed by atoms with van der Waals surface area (Å²) in [7, 11) is 0. The van der Waals surface area contributed by atoms with Crippen molar-refractivity contribution in [2.24, 2.45) is 17.3 Å². The Morgan fingerprint density at radius 1 is 1.50 bits per heavy atom. The lowest BCUT2D eigenvalue weighted by molar-refractivity contribution is -0.172. The Labute approximate surface area is 119 Å². The minimum atomic E-state index is -0.876. The Morgan fingerprint density at radius 3 is 2.90 bits per heavy atom. The van der Waals surface area contributed by atoms with Gasteiger partial charge in [-0.25, -0.2) is 0 Å². The standard InChI is InChI=1S/C16H21NO3/c1-4-12(18)20-16-6-5-10(2)7-15(16,9-17)8-11(3)13-14(16)19-13/h5-6,10-11,13-14H,4,7-8H2,1-3H3/t10-,11-,13+,14+,15-,16+/m1/s1. The highest BCUT2D eigenvalue weighted by atomic mass is 16.6. The maximum Gasteiger partial charge on any atom is 0.306 e. The largest absolute Gasteiger partial charge is 0.450 e. The molecule has 2 fully saturated rings. The second-order valence-electron chi connectivity index (χ2n) is 6.56. The van der Waals surface area contributed by atoms with Crippen LogP contribution in [0.25, 0.3) is 0 Å². The number of nitrogens with zero attached hydrogens (tertiary/aromatic N) is 1. The highest BCUT2D eigenvalue weighted by Gasteiger charge is 2.72. The van der Waals surface area contributed by atoms with Gasteiger partial charge in [-0.15, -0.1) is 0 Å². The molecule has 0 unspecified atom stereocenters. The van der Waals surface area contributed by atoms with Crippen molar-refractivity contribution in [1.29, 1.82) is 5.26 Å². The third kappa shape index (κ3) is 1.66. The third-order valence-electron chi connectivity index (χ3n) is 5.06. The number of ether oxygens (including phenoxy) is 2. The summed E-state index contributed by atoms with van der Waals surface area (Å²) in [5, 5.41) is 9.87. The zero-order chi connectivity index (χ0) is 14.5. The van der Waals surface area contributed by atoms with Crippen LogP contribution in [0.5, 0.6) is 0 Å². The Kier molecular flexibility index (Phi) is 2.95. The summed E-state index contributed by atoms with van der Waals surface area (Å²) in [6, 6.07) is 2.50. The Bertz CT molecular complexity index is 508. The predicted molar refractivity (Wildman–Crippen MR) is 72.5 cm³/mol. The van der Waals surface area contributed by atoms with E-state index in [9.17, 15) is 10.1 Å². The summed E-state index contributed by atoms with van der Waals surface area (Å²) in [6.07, 6.45) is 5.76. The summed E-state index contributed by atoms with van der Waals surface area (Å²) in [6.45, 7) is 6.00. The van der Waals surface area contributed by atoms with Gasteiger partial charge in [0, 0.05) is 6.42 Å². The van der Waals surface area contributed by atoms with Gasteiger partial charge in [-0.05, 0) is 30.8 Å². The molecule has 1 saturated heterocycles. The number of rotatable bonds is 2. The van der Waals surface area contributed by atoms with Crippen molar-refractivity contribution >= 4 is 5.97 Å². The first-order valence-corrected chi connectivity index (χ1v) is 7.46. The van der Waals surface area contributed by atoms with Crippen LogP contribution in [0.3, 0.4) is 0 Å². The number of hydrogen-bond donors (Lipinski definition) is 0. The molecule has 0 amide bonds. The molecule has 1 aliphatic heterocycles. The van der Waals surface area contributed by atoms with E-state index in [0.717, 1.165) is 12.8 Å². The highest BCUT2D eigenvalue weighted by Crippen LogP contribution is 2.61. The van der Waals surface area contributed by atoms with E-state index in [1.54, 1.807) is 6.92 Å². The van der Waals surface area contributed by atoms with Crippen LogP contribution in [-0.2, 0) is 14.3 Å². The number of hydrogen-bond acceptors (Lipinski definition) is 4. The molecular weight excluding hydrogens is 254 g/mol.